The molecule has 2 aliphatic rings. The maximum atomic E-state index is 13.2. The van der Waals surface area contributed by atoms with Gasteiger partial charge in [0.15, 0.2) is 5.78 Å². The number of barbiturate groups is 1. The number of carbonyl (C=O) groups excluding carboxylic acids is 4. The van der Waals surface area contributed by atoms with E-state index in [4.69, 9.17) is 0 Å². The van der Waals surface area contributed by atoms with E-state index in [9.17, 15) is 23.6 Å². The van der Waals surface area contributed by atoms with E-state index in [-0.39, 0.29) is 24.7 Å². The lowest BCUT2D eigenvalue weighted by Gasteiger charge is -2.41. The number of rotatable bonds is 5. The Morgan fingerprint density at radius 2 is 1.68 bits per heavy atom. The molecule has 1 unspecified atom stereocenters. The molecule has 1 saturated heterocycles. The molecule has 3 rings (SSSR count). The Morgan fingerprint density at radius 1 is 1.07 bits per heavy atom. The van der Waals surface area contributed by atoms with Crippen molar-refractivity contribution in [3.05, 3.63) is 35.6 Å². The molecule has 1 atom stereocenters. The summed E-state index contributed by atoms with van der Waals surface area (Å²) in [6, 6.07) is 4.77. The van der Waals surface area contributed by atoms with Crippen LogP contribution in [0.1, 0.15) is 44.6 Å². The minimum Gasteiger partial charge on any atom is -0.297 e. The van der Waals surface area contributed by atoms with Gasteiger partial charge in [0.1, 0.15) is 11.2 Å². The summed E-state index contributed by atoms with van der Waals surface area (Å²) in [6.45, 7) is 1.17. The molecule has 1 heterocycles. The van der Waals surface area contributed by atoms with E-state index in [1.54, 1.807) is 0 Å². The van der Waals surface area contributed by atoms with Crippen LogP contribution in [0.3, 0.4) is 0 Å². The minimum atomic E-state index is -1.52. The molecule has 150 valence electrons. The van der Waals surface area contributed by atoms with Gasteiger partial charge in [0.05, 0.1) is 6.54 Å². The average Bonchev–Trinajstić information content (AvgIpc) is 2.71. The highest BCUT2D eigenvalue weighted by Crippen LogP contribution is 2.33. The number of halogens is 1. The summed E-state index contributed by atoms with van der Waals surface area (Å²) < 4.78 is 13.2. The van der Waals surface area contributed by atoms with Crippen molar-refractivity contribution in [2.24, 2.45) is 11.3 Å². The molecule has 1 aromatic rings. The molecule has 0 bridgehead atoms. The van der Waals surface area contributed by atoms with Gasteiger partial charge in [-0.3, -0.25) is 24.2 Å². The van der Waals surface area contributed by atoms with Crippen molar-refractivity contribution >= 4 is 23.6 Å². The Labute approximate surface area is 163 Å². The highest BCUT2D eigenvalue weighted by atomic mass is 19.1. The van der Waals surface area contributed by atoms with Crippen molar-refractivity contribution in [1.82, 2.24) is 9.80 Å². The van der Waals surface area contributed by atoms with Crippen molar-refractivity contribution < 1.29 is 23.6 Å². The first-order chi connectivity index (χ1) is 13.2. The first-order valence-electron chi connectivity index (χ1n) is 9.65. The number of benzene rings is 1. The summed E-state index contributed by atoms with van der Waals surface area (Å²) in [5, 5.41) is 0. The van der Waals surface area contributed by atoms with Gasteiger partial charge in [0, 0.05) is 13.0 Å². The van der Waals surface area contributed by atoms with Crippen LogP contribution in [0.5, 0.6) is 0 Å². The van der Waals surface area contributed by atoms with E-state index >= 15 is 0 Å². The summed E-state index contributed by atoms with van der Waals surface area (Å²) in [7, 11) is 1.32. The van der Waals surface area contributed by atoms with Gasteiger partial charge in [-0.2, -0.15) is 0 Å². The topological polar surface area (TPSA) is 74.8 Å². The number of hydrogen-bond acceptors (Lipinski definition) is 4. The first kappa shape index (κ1) is 20.2. The Balaban J connectivity index is 1.83. The molecule has 7 heteroatoms. The largest absolute Gasteiger partial charge is 0.333 e. The summed E-state index contributed by atoms with van der Waals surface area (Å²) in [5.41, 5.74) is -0.917. The number of amides is 4. The van der Waals surface area contributed by atoms with Crippen molar-refractivity contribution in [2.75, 3.05) is 13.6 Å². The Bertz CT molecular complexity index is 801. The molecule has 0 N–H and O–H groups in total. The number of urea groups is 1. The van der Waals surface area contributed by atoms with E-state index in [0.717, 1.165) is 41.9 Å². The predicted molar refractivity (Wildman–Crippen MR) is 99.7 cm³/mol. The summed E-state index contributed by atoms with van der Waals surface area (Å²) >= 11 is 0. The van der Waals surface area contributed by atoms with Gasteiger partial charge in [-0.05, 0) is 43.9 Å². The van der Waals surface area contributed by atoms with Crippen LogP contribution in [0.2, 0.25) is 0 Å². The number of ketones is 1. The lowest BCUT2D eigenvalue weighted by molar-refractivity contribution is -0.158. The summed E-state index contributed by atoms with van der Waals surface area (Å²) in [5.74, 6) is -1.97. The molecular formula is C21H25FN2O4. The van der Waals surface area contributed by atoms with Crippen LogP contribution in [0.15, 0.2) is 24.3 Å². The lowest BCUT2D eigenvalue weighted by atomic mass is 9.79. The third-order valence-corrected chi connectivity index (χ3v) is 5.86. The molecule has 2 fully saturated rings. The average molecular weight is 388 g/mol. The zero-order valence-corrected chi connectivity index (χ0v) is 16.2. The second kappa shape index (κ2) is 7.81. The van der Waals surface area contributed by atoms with E-state index in [0.29, 0.717) is 5.56 Å². The number of carbonyl (C=O) groups is 4. The van der Waals surface area contributed by atoms with Crippen LogP contribution in [-0.2, 0) is 20.8 Å². The van der Waals surface area contributed by atoms with Gasteiger partial charge in [-0.1, -0.05) is 31.4 Å². The van der Waals surface area contributed by atoms with Crippen LogP contribution in [-0.4, -0.2) is 47.0 Å². The maximum Gasteiger partial charge on any atom is 0.333 e. The van der Waals surface area contributed by atoms with Gasteiger partial charge >= 0.3 is 6.03 Å². The van der Waals surface area contributed by atoms with Crippen LogP contribution in [0, 0.1) is 17.2 Å². The quantitative estimate of drug-likeness (QED) is 0.727. The fourth-order valence-electron chi connectivity index (χ4n) is 4.12. The third kappa shape index (κ3) is 3.70. The first-order valence-corrected chi connectivity index (χ1v) is 9.65. The van der Waals surface area contributed by atoms with Crippen molar-refractivity contribution in [3.63, 3.8) is 0 Å². The van der Waals surface area contributed by atoms with E-state index < -0.39 is 29.1 Å². The number of imide groups is 2. The molecule has 1 saturated carbocycles. The Morgan fingerprint density at radius 3 is 2.29 bits per heavy atom. The second-order valence-corrected chi connectivity index (χ2v) is 7.97. The second-order valence-electron chi connectivity index (χ2n) is 7.97. The zero-order chi connectivity index (χ0) is 20.5. The molecule has 28 heavy (non-hydrogen) atoms. The summed E-state index contributed by atoms with van der Waals surface area (Å²) in [4.78, 5) is 52.9. The van der Waals surface area contributed by atoms with Crippen LogP contribution in [0.4, 0.5) is 9.18 Å². The normalized spacial score (nSPS) is 24.0. The van der Waals surface area contributed by atoms with Crippen LogP contribution in [0.25, 0.3) is 0 Å². The Hall–Kier alpha value is -2.57. The smallest absolute Gasteiger partial charge is 0.297 e. The SMILES string of the molecule is CN1C(=O)N(CC(=O)C2CCCCC2)C(=O)C(C)(Cc2ccc(F)cc2)C1=O. The monoisotopic (exact) mass is 388 g/mol. The predicted octanol–water partition coefficient (Wildman–Crippen LogP) is 2.94. The molecule has 1 aliphatic heterocycles. The molecule has 0 aromatic heterocycles. The van der Waals surface area contributed by atoms with Gasteiger partial charge in [-0.15, -0.1) is 0 Å². The standard InChI is InChI=1S/C21H25FN2O4/c1-21(12-14-8-10-16(22)11-9-14)18(26)23(2)20(28)24(19(21)27)13-17(25)15-6-4-3-5-7-15/h8-11,15H,3-7,12-13H2,1-2H3. The van der Waals surface area contributed by atoms with E-state index in [1.807, 2.05) is 0 Å². The van der Waals surface area contributed by atoms with Crippen molar-refractivity contribution in [3.8, 4) is 0 Å². The maximum absolute atomic E-state index is 13.2. The fraction of sp³-hybridized carbons (Fsp3) is 0.524. The molecule has 4 amide bonds. The van der Waals surface area contributed by atoms with Crippen molar-refractivity contribution in [2.45, 2.75) is 45.4 Å². The summed E-state index contributed by atoms with van der Waals surface area (Å²) in [6.07, 6.45) is 4.61. The van der Waals surface area contributed by atoms with Gasteiger partial charge in [0.2, 0.25) is 11.8 Å². The zero-order valence-electron chi connectivity index (χ0n) is 16.2. The molecule has 6 nitrogen and oxygen atoms in total. The van der Waals surface area contributed by atoms with Crippen molar-refractivity contribution in [1.29, 1.82) is 0 Å². The van der Waals surface area contributed by atoms with Gasteiger partial charge in [0.25, 0.3) is 0 Å². The van der Waals surface area contributed by atoms with E-state index in [1.165, 1.54) is 38.2 Å². The third-order valence-electron chi connectivity index (χ3n) is 5.86. The van der Waals surface area contributed by atoms with Crippen LogP contribution >= 0.6 is 0 Å². The minimum absolute atomic E-state index is 0.0245. The van der Waals surface area contributed by atoms with Gasteiger partial charge in [-0.25, -0.2) is 9.18 Å². The lowest BCUT2D eigenvalue weighted by Crippen LogP contribution is -2.64. The molecule has 1 aromatic carbocycles. The molecule has 1 aliphatic carbocycles. The number of Topliss-reactive ketones (excluding diaryl/α,β-unsaturated/α-hetero) is 1. The number of hydrogen-bond donors (Lipinski definition) is 0. The highest BCUT2D eigenvalue weighted by Gasteiger charge is 2.53. The molecule has 0 radical (unpaired) electrons. The van der Waals surface area contributed by atoms with Crippen LogP contribution < -0.4 is 0 Å². The number of nitrogens with zero attached hydrogens (tertiary/aromatic N) is 2. The Kier molecular flexibility index (Phi) is 5.63. The molecule has 0 spiro atoms. The molecular weight excluding hydrogens is 363 g/mol. The van der Waals surface area contributed by atoms with Gasteiger partial charge < -0.3 is 0 Å². The highest BCUT2D eigenvalue weighted by molar-refractivity contribution is 6.19. The fourth-order valence-corrected chi connectivity index (χ4v) is 4.12. The van der Waals surface area contributed by atoms with E-state index in [2.05, 4.69) is 0 Å².